The van der Waals surface area contributed by atoms with E-state index >= 15 is 0 Å². The monoisotopic (exact) mass is 430 g/mol. The summed E-state index contributed by atoms with van der Waals surface area (Å²) in [5.41, 5.74) is 3.26. The van der Waals surface area contributed by atoms with E-state index in [0.29, 0.717) is 26.0 Å². The van der Waals surface area contributed by atoms with E-state index in [0.717, 1.165) is 35.8 Å². The fourth-order valence-corrected chi connectivity index (χ4v) is 4.71. The molecule has 1 heterocycles. The first kappa shape index (κ1) is 22.3. The van der Waals surface area contributed by atoms with Gasteiger partial charge in [-0.05, 0) is 36.0 Å². The Labute approximate surface area is 179 Å². The van der Waals surface area contributed by atoms with E-state index in [4.69, 9.17) is 4.74 Å². The molecule has 2 aromatic carbocycles. The van der Waals surface area contributed by atoms with Crippen molar-refractivity contribution in [1.29, 1.82) is 0 Å². The number of hydrogen-bond acceptors (Lipinski definition) is 4. The smallest absolute Gasteiger partial charge is 0.410 e. The van der Waals surface area contributed by atoms with Gasteiger partial charge < -0.3 is 9.64 Å². The van der Waals surface area contributed by atoms with Crippen molar-refractivity contribution in [1.82, 2.24) is 9.62 Å². The van der Waals surface area contributed by atoms with Crippen LogP contribution in [0.1, 0.15) is 31.7 Å². The highest BCUT2D eigenvalue weighted by Crippen LogP contribution is 2.26. The van der Waals surface area contributed by atoms with Crippen molar-refractivity contribution >= 4 is 16.1 Å². The second-order valence-corrected chi connectivity index (χ2v) is 9.56. The Morgan fingerprint density at radius 3 is 2.57 bits per heavy atom. The number of ether oxygens (including phenoxy) is 1. The summed E-state index contributed by atoms with van der Waals surface area (Å²) in [5, 5.41) is 0. The van der Waals surface area contributed by atoms with Crippen molar-refractivity contribution in [2.75, 3.05) is 19.4 Å². The average molecular weight is 431 g/mol. The highest BCUT2D eigenvalue weighted by molar-refractivity contribution is 7.88. The molecule has 0 aromatic heterocycles. The van der Waals surface area contributed by atoms with Gasteiger partial charge in [0.15, 0.2) is 0 Å². The van der Waals surface area contributed by atoms with Crippen LogP contribution in [0.2, 0.25) is 0 Å². The predicted molar refractivity (Wildman–Crippen MR) is 119 cm³/mol. The van der Waals surface area contributed by atoms with Crippen molar-refractivity contribution < 1.29 is 17.9 Å². The minimum atomic E-state index is -3.38. The first-order chi connectivity index (χ1) is 14.4. The van der Waals surface area contributed by atoms with E-state index in [2.05, 4.69) is 29.0 Å². The Bertz CT molecular complexity index is 947. The molecule has 0 saturated carbocycles. The lowest BCUT2D eigenvalue weighted by molar-refractivity contribution is 0.0951. The van der Waals surface area contributed by atoms with Crippen LogP contribution in [-0.4, -0.2) is 50.9 Å². The molecule has 1 aliphatic rings. The number of rotatable bonds is 8. The van der Waals surface area contributed by atoms with Crippen molar-refractivity contribution in [3.63, 3.8) is 0 Å². The van der Waals surface area contributed by atoms with Crippen LogP contribution in [0.25, 0.3) is 11.1 Å². The molecule has 1 N–H and O–H groups in total. The summed E-state index contributed by atoms with van der Waals surface area (Å²) in [4.78, 5) is 14.3. The number of nitrogens with one attached hydrogen (secondary N) is 1. The molecule has 1 saturated heterocycles. The largest absolute Gasteiger partial charge is 0.449 e. The van der Waals surface area contributed by atoms with Crippen LogP contribution in [0.15, 0.2) is 54.6 Å². The molecule has 2 atom stereocenters. The zero-order valence-electron chi connectivity index (χ0n) is 17.6. The van der Waals surface area contributed by atoms with E-state index in [1.807, 2.05) is 37.3 Å². The molecule has 2 aromatic rings. The highest BCUT2D eigenvalue weighted by Gasteiger charge is 2.39. The summed E-state index contributed by atoms with van der Waals surface area (Å²) in [7, 11) is -3.38. The Kier molecular flexibility index (Phi) is 7.50. The summed E-state index contributed by atoms with van der Waals surface area (Å²) >= 11 is 0. The quantitative estimate of drug-likeness (QED) is 0.646. The summed E-state index contributed by atoms with van der Waals surface area (Å²) in [6.07, 6.45) is 3.67. The summed E-state index contributed by atoms with van der Waals surface area (Å²) in [6.45, 7) is 2.89. The van der Waals surface area contributed by atoms with Crippen LogP contribution in [0.5, 0.6) is 0 Å². The van der Waals surface area contributed by atoms with Gasteiger partial charge in [0.25, 0.3) is 0 Å². The molecule has 6 nitrogen and oxygen atoms in total. The molecule has 1 fully saturated rings. The highest BCUT2D eigenvalue weighted by atomic mass is 32.2. The molecule has 7 heteroatoms. The number of sulfonamides is 1. The topological polar surface area (TPSA) is 75.7 Å². The number of hydrogen-bond donors (Lipinski definition) is 1. The van der Waals surface area contributed by atoms with Gasteiger partial charge in [0.1, 0.15) is 0 Å². The summed E-state index contributed by atoms with van der Waals surface area (Å²) in [5.74, 6) is 0. The van der Waals surface area contributed by atoms with Crippen molar-refractivity contribution in [2.24, 2.45) is 0 Å². The van der Waals surface area contributed by atoms with Crippen LogP contribution in [-0.2, 0) is 21.2 Å². The van der Waals surface area contributed by atoms with Crippen LogP contribution >= 0.6 is 0 Å². The van der Waals surface area contributed by atoms with Crippen LogP contribution in [0.4, 0.5) is 4.79 Å². The Hall–Kier alpha value is -2.38. The van der Waals surface area contributed by atoms with Gasteiger partial charge >= 0.3 is 6.09 Å². The van der Waals surface area contributed by atoms with E-state index in [9.17, 15) is 13.2 Å². The second-order valence-electron chi connectivity index (χ2n) is 7.78. The van der Waals surface area contributed by atoms with Crippen molar-refractivity contribution in [3.8, 4) is 11.1 Å². The first-order valence-corrected chi connectivity index (χ1v) is 12.3. The van der Waals surface area contributed by atoms with Crippen molar-refractivity contribution in [3.05, 3.63) is 60.2 Å². The molecule has 162 valence electrons. The lowest BCUT2D eigenvalue weighted by Crippen LogP contribution is -2.47. The SMILES string of the molecule is CCCCOC(=O)N1CC[C@H](NS(C)(=O)=O)[C@@H]1Cc1cccc(-c2ccccc2)c1. The van der Waals surface area contributed by atoms with Gasteiger partial charge in [-0.2, -0.15) is 0 Å². The maximum atomic E-state index is 12.6. The fraction of sp³-hybridized carbons (Fsp3) is 0.435. The Balaban J connectivity index is 1.81. The van der Waals surface area contributed by atoms with Crippen LogP contribution in [0.3, 0.4) is 0 Å². The predicted octanol–water partition coefficient (Wildman–Crippen LogP) is 3.82. The van der Waals surface area contributed by atoms with E-state index in [1.54, 1.807) is 4.90 Å². The van der Waals surface area contributed by atoms with E-state index in [1.165, 1.54) is 0 Å². The van der Waals surface area contributed by atoms with Gasteiger partial charge in [-0.3, -0.25) is 0 Å². The third kappa shape index (κ3) is 6.06. The zero-order valence-corrected chi connectivity index (χ0v) is 18.4. The maximum Gasteiger partial charge on any atom is 0.410 e. The molecular weight excluding hydrogens is 400 g/mol. The third-order valence-electron chi connectivity index (χ3n) is 5.35. The molecular formula is C23H30N2O4S. The normalized spacial score (nSPS) is 19.1. The molecule has 0 radical (unpaired) electrons. The van der Waals surface area contributed by atoms with Gasteiger partial charge in [-0.25, -0.2) is 17.9 Å². The minimum Gasteiger partial charge on any atom is -0.449 e. The number of carbonyl (C=O) groups excluding carboxylic acids is 1. The number of benzene rings is 2. The third-order valence-corrected chi connectivity index (χ3v) is 6.08. The van der Waals surface area contributed by atoms with Gasteiger partial charge in [-0.1, -0.05) is 67.9 Å². The molecule has 1 amide bonds. The number of amides is 1. The van der Waals surface area contributed by atoms with Gasteiger partial charge in [-0.15, -0.1) is 0 Å². The van der Waals surface area contributed by atoms with Crippen LogP contribution < -0.4 is 4.72 Å². The summed E-state index contributed by atoms with van der Waals surface area (Å²) in [6, 6.07) is 17.6. The second kappa shape index (κ2) is 10.1. The Morgan fingerprint density at radius 2 is 1.87 bits per heavy atom. The molecule has 0 unspecified atom stereocenters. The zero-order chi connectivity index (χ0) is 21.6. The van der Waals surface area contributed by atoms with Gasteiger partial charge in [0, 0.05) is 12.6 Å². The van der Waals surface area contributed by atoms with Crippen LogP contribution in [0, 0.1) is 0 Å². The molecule has 30 heavy (non-hydrogen) atoms. The maximum absolute atomic E-state index is 12.6. The number of nitrogens with zero attached hydrogens (tertiary/aromatic N) is 1. The average Bonchev–Trinajstić information content (AvgIpc) is 3.09. The molecule has 0 bridgehead atoms. The van der Waals surface area contributed by atoms with Gasteiger partial charge in [0.2, 0.25) is 10.0 Å². The van der Waals surface area contributed by atoms with Crippen molar-refractivity contribution in [2.45, 2.75) is 44.7 Å². The number of unbranched alkanes of at least 4 members (excludes halogenated alkanes) is 1. The molecule has 0 spiro atoms. The fourth-order valence-electron chi connectivity index (χ4n) is 3.88. The van der Waals surface area contributed by atoms with Gasteiger partial charge in [0.05, 0.1) is 18.9 Å². The van der Waals surface area contributed by atoms with E-state index < -0.39 is 10.0 Å². The Morgan fingerprint density at radius 1 is 1.13 bits per heavy atom. The summed E-state index contributed by atoms with van der Waals surface area (Å²) < 4.78 is 31.9. The minimum absolute atomic E-state index is 0.292. The lowest BCUT2D eigenvalue weighted by Gasteiger charge is -2.28. The molecule has 1 aliphatic heterocycles. The standard InChI is InChI=1S/C23H30N2O4S/c1-3-4-15-29-23(26)25-14-13-21(24-30(2,27)28)22(25)17-18-9-8-12-20(16-18)19-10-6-5-7-11-19/h5-12,16,21-22,24H,3-4,13-15,17H2,1-2H3/t21-,22-/m0/s1. The molecule has 3 rings (SSSR count). The number of likely N-dealkylation sites (tertiary alicyclic amines) is 1. The number of carbonyl (C=O) groups is 1. The first-order valence-electron chi connectivity index (χ1n) is 10.4. The lowest BCUT2D eigenvalue weighted by atomic mass is 9.97. The van der Waals surface area contributed by atoms with E-state index in [-0.39, 0.29) is 18.2 Å². The molecule has 0 aliphatic carbocycles.